The lowest BCUT2D eigenvalue weighted by Crippen LogP contribution is -2.25. The fourth-order valence-corrected chi connectivity index (χ4v) is 4.23. The number of nitrogens with zero attached hydrogens (tertiary/aromatic N) is 1. The molecule has 2 saturated heterocycles. The van der Waals surface area contributed by atoms with Crippen LogP contribution in [0.3, 0.4) is 0 Å². The van der Waals surface area contributed by atoms with Crippen LogP contribution in [0.5, 0.6) is 0 Å². The molecule has 0 spiro atoms. The quantitative estimate of drug-likeness (QED) is 0.640. The molecule has 4 rings (SSSR count). The van der Waals surface area contributed by atoms with Gasteiger partial charge in [0.05, 0.1) is 24.3 Å². The lowest BCUT2D eigenvalue weighted by Gasteiger charge is -2.25. The van der Waals surface area contributed by atoms with Crippen molar-refractivity contribution in [3.8, 4) is 0 Å². The summed E-state index contributed by atoms with van der Waals surface area (Å²) in [4.78, 5) is 19.1. The first-order valence-electron chi connectivity index (χ1n) is 10.1. The Morgan fingerprint density at radius 2 is 1.60 bits per heavy atom. The molecule has 2 unspecified atom stereocenters. The van der Waals surface area contributed by atoms with E-state index in [1.165, 1.54) is 0 Å². The molecule has 0 amide bonds. The second-order valence-electron chi connectivity index (χ2n) is 7.38. The second kappa shape index (κ2) is 9.89. The zero-order valence-corrected chi connectivity index (χ0v) is 17.9. The highest BCUT2D eigenvalue weighted by molar-refractivity contribution is 6.36. The van der Waals surface area contributed by atoms with E-state index in [9.17, 15) is 4.79 Å². The molecule has 2 aliphatic rings. The van der Waals surface area contributed by atoms with Gasteiger partial charge in [0.2, 0.25) is 0 Å². The molecule has 2 atom stereocenters. The van der Waals surface area contributed by atoms with Gasteiger partial charge in [0.15, 0.2) is 23.6 Å². The van der Waals surface area contributed by atoms with Crippen molar-refractivity contribution < 1.29 is 23.3 Å². The Bertz CT molecular complexity index is 959. The van der Waals surface area contributed by atoms with Crippen molar-refractivity contribution in [2.75, 3.05) is 13.2 Å². The fourth-order valence-electron chi connectivity index (χ4n) is 3.74. The van der Waals surface area contributed by atoms with Crippen molar-refractivity contribution in [2.45, 2.75) is 64.3 Å². The third-order valence-corrected chi connectivity index (χ3v) is 5.84. The van der Waals surface area contributed by atoms with Crippen LogP contribution in [0.4, 0.5) is 4.39 Å². The van der Waals surface area contributed by atoms with Gasteiger partial charge in [0, 0.05) is 24.2 Å². The zero-order chi connectivity index (χ0) is 21.1. The van der Waals surface area contributed by atoms with Gasteiger partial charge in [-0.05, 0) is 38.5 Å². The van der Waals surface area contributed by atoms with Gasteiger partial charge >= 0.3 is 0 Å². The SMILES string of the molecule is O=c1[nH]c(COC2CCCCO2)c(COC2CCCCO2)c2c(F)c(Cl)nc(Cl)c12. The third kappa shape index (κ3) is 4.79. The van der Waals surface area contributed by atoms with Crippen molar-refractivity contribution in [2.24, 2.45) is 0 Å². The monoisotopic (exact) mass is 460 g/mol. The minimum atomic E-state index is -0.819. The Morgan fingerprint density at radius 3 is 2.20 bits per heavy atom. The van der Waals surface area contributed by atoms with Gasteiger partial charge in [-0.3, -0.25) is 4.79 Å². The van der Waals surface area contributed by atoms with Crippen LogP contribution in [0.1, 0.15) is 49.8 Å². The van der Waals surface area contributed by atoms with E-state index in [1.54, 1.807) is 0 Å². The number of aromatic amines is 1. The van der Waals surface area contributed by atoms with E-state index in [0.717, 1.165) is 38.5 Å². The summed E-state index contributed by atoms with van der Waals surface area (Å²) in [5, 5.41) is -0.659. The standard InChI is InChI=1S/C20H23Cl2FN2O5/c21-18-16-15(17(23)19(22)25-18)11(9-29-13-5-1-3-7-27-13)12(24-20(16)26)10-30-14-6-2-4-8-28-14/h13-14H,1-10H2,(H,24,26). The molecule has 0 saturated carbocycles. The van der Waals surface area contributed by atoms with Gasteiger partial charge in [0.25, 0.3) is 5.56 Å². The number of halogens is 3. The summed E-state index contributed by atoms with van der Waals surface area (Å²) >= 11 is 12.0. The van der Waals surface area contributed by atoms with Gasteiger partial charge in [-0.15, -0.1) is 0 Å². The van der Waals surface area contributed by atoms with Crippen molar-refractivity contribution in [3.05, 3.63) is 37.7 Å². The summed E-state index contributed by atoms with van der Waals surface area (Å²) in [5.74, 6) is -0.819. The molecule has 2 aromatic heterocycles. The van der Waals surface area contributed by atoms with E-state index in [0.29, 0.717) is 24.5 Å². The predicted molar refractivity (Wildman–Crippen MR) is 109 cm³/mol. The van der Waals surface area contributed by atoms with E-state index in [4.69, 9.17) is 42.1 Å². The van der Waals surface area contributed by atoms with Crippen LogP contribution in [0.15, 0.2) is 4.79 Å². The maximum absolute atomic E-state index is 15.0. The normalized spacial score (nSPS) is 22.5. The summed E-state index contributed by atoms with van der Waals surface area (Å²) in [5.41, 5.74) is 0.215. The number of fused-ring (bicyclic) bond motifs is 1. The molecule has 0 aromatic carbocycles. The molecular formula is C20H23Cl2FN2O5. The van der Waals surface area contributed by atoms with Crippen molar-refractivity contribution in [3.63, 3.8) is 0 Å². The molecule has 1 N–H and O–H groups in total. The molecule has 0 radical (unpaired) electrons. The van der Waals surface area contributed by atoms with Crippen LogP contribution < -0.4 is 5.56 Å². The van der Waals surface area contributed by atoms with Crippen LogP contribution in [0.25, 0.3) is 10.8 Å². The summed E-state index contributed by atoms with van der Waals surface area (Å²) < 4.78 is 37.9. The van der Waals surface area contributed by atoms with Crippen molar-refractivity contribution in [1.82, 2.24) is 9.97 Å². The molecule has 2 aromatic rings. The minimum Gasteiger partial charge on any atom is -0.353 e. The Kier molecular flexibility index (Phi) is 7.23. The number of ether oxygens (including phenoxy) is 4. The molecular weight excluding hydrogens is 438 g/mol. The largest absolute Gasteiger partial charge is 0.353 e. The number of aromatic nitrogens is 2. The molecule has 7 nitrogen and oxygen atoms in total. The van der Waals surface area contributed by atoms with Crippen molar-refractivity contribution >= 4 is 34.0 Å². The Morgan fingerprint density at radius 1 is 0.967 bits per heavy atom. The second-order valence-corrected chi connectivity index (χ2v) is 8.10. The average molecular weight is 461 g/mol. The van der Waals surface area contributed by atoms with Crippen molar-refractivity contribution in [1.29, 1.82) is 0 Å². The Labute approximate surface area is 182 Å². The molecule has 2 fully saturated rings. The number of hydrogen-bond acceptors (Lipinski definition) is 6. The first kappa shape index (κ1) is 21.9. The highest BCUT2D eigenvalue weighted by Crippen LogP contribution is 2.31. The van der Waals surface area contributed by atoms with Crippen LogP contribution in [-0.4, -0.2) is 35.8 Å². The van der Waals surface area contributed by atoms with E-state index in [-0.39, 0.29) is 35.4 Å². The number of hydrogen-bond donors (Lipinski definition) is 1. The van der Waals surface area contributed by atoms with E-state index in [2.05, 4.69) is 9.97 Å². The molecule has 10 heteroatoms. The lowest BCUT2D eigenvalue weighted by molar-refractivity contribution is -0.173. The Balaban J connectivity index is 1.70. The van der Waals surface area contributed by atoms with Gasteiger partial charge in [-0.2, -0.15) is 0 Å². The fraction of sp³-hybridized carbons (Fsp3) is 0.600. The summed E-state index contributed by atoms with van der Waals surface area (Å²) in [6.45, 7) is 1.26. The van der Waals surface area contributed by atoms with Crippen LogP contribution in [-0.2, 0) is 32.2 Å². The smallest absolute Gasteiger partial charge is 0.259 e. The maximum atomic E-state index is 15.0. The van der Waals surface area contributed by atoms with Gasteiger partial charge in [0.1, 0.15) is 5.15 Å². The molecule has 0 aliphatic carbocycles. The predicted octanol–water partition coefficient (Wildman–Crippen LogP) is 4.46. The topological polar surface area (TPSA) is 82.7 Å². The average Bonchev–Trinajstić information content (AvgIpc) is 2.76. The maximum Gasteiger partial charge on any atom is 0.259 e. The highest BCUT2D eigenvalue weighted by atomic mass is 35.5. The van der Waals surface area contributed by atoms with E-state index >= 15 is 4.39 Å². The minimum absolute atomic E-state index is 0.00421. The highest BCUT2D eigenvalue weighted by Gasteiger charge is 2.24. The zero-order valence-electron chi connectivity index (χ0n) is 16.3. The van der Waals surface area contributed by atoms with E-state index in [1.807, 2.05) is 0 Å². The molecule has 30 heavy (non-hydrogen) atoms. The first-order valence-corrected chi connectivity index (χ1v) is 10.8. The number of pyridine rings is 2. The van der Waals surface area contributed by atoms with Gasteiger partial charge < -0.3 is 23.9 Å². The third-order valence-electron chi connectivity index (χ3n) is 5.31. The molecule has 164 valence electrons. The number of rotatable bonds is 6. The van der Waals surface area contributed by atoms with Crippen LogP contribution in [0, 0.1) is 5.82 Å². The number of nitrogens with one attached hydrogen (secondary N) is 1. The summed E-state index contributed by atoms with van der Waals surface area (Å²) in [6.07, 6.45) is 4.69. The lowest BCUT2D eigenvalue weighted by atomic mass is 10.1. The Hall–Kier alpha value is -1.29. The van der Waals surface area contributed by atoms with E-state index < -0.39 is 22.8 Å². The van der Waals surface area contributed by atoms with Gasteiger partial charge in [-0.25, -0.2) is 9.37 Å². The summed E-state index contributed by atoms with van der Waals surface area (Å²) in [7, 11) is 0. The molecule has 0 bridgehead atoms. The molecule has 2 aliphatic heterocycles. The summed E-state index contributed by atoms with van der Waals surface area (Å²) in [6, 6.07) is 0. The van der Waals surface area contributed by atoms with Gasteiger partial charge in [-0.1, -0.05) is 23.2 Å². The number of H-pyrrole nitrogens is 1. The van der Waals surface area contributed by atoms with Crippen LogP contribution in [0.2, 0.25) is 10.3 Å². The first-order chi connectivity index (χ1) is 14.5. The molecule has 4 heterocycles. The van der Waals surface area contributed by atoms with Crippen LogP contribution >= 0.6 is 23.2 Å².